The number of nitrogens with zero attached hydrogens (tertiary/aromatic N) is 4. The molecule has 0 saturated carbocycles. The van der Waals surface area contributed by atoms with Crippen molar-refractivity contribution in [3.05, 3.63) is 60.2 Å². The first-order chi connectivity index (χ1) is 12.8. The highest BCUT2D eigenvalue weighted by atomic mass is 16.4. The lowest BCUT2D eigenvalue weighted by Gasteiger charge is -2.00. The van der Waals surface area contributed by atoms with Gasteiger partial charge < -0.3 is 10.4 Å². The van der Waals surface area contributed by atoms with Gasteiger partial charge in [0.05, 0.1) is 12.4 Å². The lowest BCUT2D eigenvalue weighted by atomic mass is 10.1. The highest BCUT2D eigenvalue weighted by Crippen LogP contribution is 2.05. The maximum atomic E-state index is 8.49. The summed E-state index contributed by atoms with van der Waals surface area (Å²) in [5, 5.41) is 23.0. The van der Waals surface area contributed by atoms with E-state index in [0.29, 0.717) is 0 Å². The molecule has 0 aliphatic carbocycles. The molecule has 2 N–H and O–H groups in total. The van der Waals surface area contributed by atoms with Gasteiger partial charge in [0.25, 0.3) is 0 Å². The molecule has 0 radical (unpaired) electrons. The smallest absolute Gasteiger partial charge is 0.169 e. The molecule has 0 unspecified atom stereocenters. The predicted octanol–water partition coefficient (Wildman–Crippen LogP) is 2.92. The molecule has 6 heteroatoms. The highest BCUT2D eigenvalue weighted by molar-refractivity contribution is 5.78. The lowest BCUT2D eigenvalue weighted by Crippen LogP contribution is -2.32. The minimum atomic E-state index is 0.901. The zero-order valence-electron chi connectivity index (χ0n) is 15.1. The number of oxime groups is 2. The van der Waals surface area contributed by atoms with Gasteiger partial charge in [-0.1, -0.05) is 23.2 Å². The van der Waals surface area contributed by atoms with Gasteiger partial charge >= 0.3 is 0 Å². The van der Waals surface area contributed by atoms with E-state index in [4.69, 9.17) is 10.4 Å². The van der Waals surface area contributed by atoms with Crippen molar-refractivity contribution >= 4 is 12.4 Å². The molecule has 0 amide bonds. The van der Waals surface area contributed by atoms with Crippen LogP contribution >= 0.6 is 0 Å². The number of hydrogen-bond donors (Lipinski definition) is 2. The molecule has 0 aliphatic rings. The molecule has 0 aliphatic heterocycles. The van der Waals surface area contributed by atoms with Crippen LogP contribution in [-0.4, -0.2) is 22.8 Å². The fourth-order valence-electron chi connectivity index (χ4n) is 2.84. The molecule has 0 bridgehead atoms. The normalized spacial score (nSPS) is 11.5. The maximum Gasteiger partial charge on any atom is 0.169 e. The highest BCUT2D eigenvalue weighted by Gasteiger charge is 2.02. The van der Waals surface area contributed by atoms with Crippen molar-refractivity contribution in [3.63, 3.8) is 0 Å². The lowest BCUT2D eigenvalue weighted by molar-refractivity contribution is -0.697. The van der Waals surface area contributed by atoms with E-state index in [1.807, 2.05) is 49.1 Å². The minimum absolute atomic E-state index is 0.901. The Morgan fingerprint density at radius 3 is 1.31 bits per heavy atom. The van der Waals surface area contributed by atoms with Gasteiger partial charge in [0.1, 0.15) is 13.1 Å². The van der Waals surface area contributed by atoms with E-state index in [9.17, 15) is 0 Å². The molecule has 0 fully saturated rings. The second-order valence-corrected chi connectivity index (χ2v) is 6.35. The van der Waals surface area contributed by atoms with Crippen LogP contribution in [0.4, 0.5) is 0 Å². The Bertz CT molecular complexity index is 620. The van der Waals surface area contributed by atoms with Gasteiger partial charge in [-0.3, -0.25) is 0 Å². The summed E-state index contributed by atoms with van der Waals surface area (Å²) in [4.78, 5) is 0. The van der Waals surface area contributed by atoms with Gasteiger partial charge in [-0.25, -0.2) is 9.13 Å². The number of aromatic nitrogens is 2. The van der Waals surface area contributed by atoms with Gasteiger partial charge in [-0.05, 0) is 12.8 Å². The Labute approximate surface area is 154 Å². The van der Waals surface area contributed by atoms with Crippen LogP contribution in [0.25, 0.3) is 0 Å². The van der Waals surface area contributed by atoms with E-state index < -0.39 is 0 Å². The molecule has 26 heavy (non-hydrogen) atoms. The Morgan fingerprint density at radius 1 is 0.615 bits per heavy atom. The number of unbranched alkanes of at least 4 members (excludes halogenated alkanes) is 5. The van der Waals surface area contributed by atoms with Crippen molar-refractivity contribution < 1.29 is 19.5 Å². The summed E-state index contributed by atoms with van der Waals surface area (Å²) >= 11 is 0. The van der Waals surface area contributed by atoms with Crippen molar-refractivity contribution in [1.29, 1.82) is 0 Å². The summed E-state index contributed by atoms with van der Waals surface area (Å²) in [6.07, 6.45) is 18.3. The van der Waals surface area contributed by atoms with Gasteiger partial charge in [0.15, 0.2) is 24.8 Å². The first-order valence-corrected chi connectivity index (χ1v) is 9.15. The van der Waals surface area contributed by atoms with Crippen molar-refractivity contribution in [2.24, 2.45) is 10.3 Å². The number of rotatable bonds is 11. The molecule has 0 atom stereocenters. The van der Waals surface area contributed by atoms with Crippen LogP contribution in [0.15, 0.2) is 59.4 Å². The van der Waals surface area contributed by atoms with Crippen molar-refractivity contribution in [2.75, 3.05) is 0 Å². The fraction of sp³-hybridized carbons (Fsp3) is 0.400. The summed E-state index contributed by atoms with van der Waals surface area (Å²) in [6, 6.07) is 7.78. The zero-order chi connectivity index (χ0) is 18.5. The molecule has 6 nitrogen and oxygen atoms in total. The second kappa shape index (κ2) is 11.7. The van der Waals surface area contributed by atoms with Crippen LogP contribution in [0.5, 0.6) is 0 Å². The average Bonchev–Trinajstić information content (AvgIpc) is 2.67. The second-order valence-electron chi connectivity index (χ2n) is 6.35. The number of aryl methyl sites for hydroxylation is 2. The molecule has 2 heterocycles. The van der Waals surface area contributed by atoms with Gasteiger partial charge in [0, 0.05) is 48.2 Å². The van der Waals surface area contributed by atoms with Crippen LogP contribution in [0.2, 0.25) is 0 Å². The van der Waals surface area contributed by atoms with E-state index in [1.54, 1.807) is 0 Å². The third-order valence-corrected chi connectivity index (χ3v) is 4.33. The Morgan fingerprint density at radius 2 is 0.962 bits per heavy atom. The third kappa shape index (κ3) is 7.42. The largest absolute Gasteiger partial charge is 0.411 e. The van der Waals surface area contributed by atoms with Gasteiger partial charge in [-0.2, -0.15) is 0 Å². The summed E-state index contributed by atoms with van der Waals surface area (Å²) in [5.41, 5.74) is 1.80. The van der Waals surface area contributed by atoms with E-state index in [0.717, 1.165) is 24.2 Å². The van der Waals surface area contributed by atoms with Crippen LogP contribution in [-0.2, 0) is 13.1 Å². The zero-order valence-corrected chi connectivity index (χ0v) is 15.1. The number of hydrogen-bond acceptors (Lipinski definition) is 4. The Balaban J connectivity index is 1.51. The van der Waals surface area contributed by atoms with E-state index in [-0.39, 0.29) is 0 Å². The van der Waals surface area contributed by atoms with Crippen LogP contribution in [0.3, 0.4) is 0 Å². The quantitative estimate of drug-likeness (QED) is 0.214. The van der Waals surface area contributed by atoms with Crippen molar-refractivity contribution in [1.82, 2.24) is 0 Å². The van der Waals surface area contributed by atoms with E-state index >= 15 is 0 Å². The summed E-state index contributed by atoms with van der Waals surface area (Å²) in [5.74, 6) is 0. The summed E-state index contributed by atoms with van der Waals surface area (Å²) in [7, 11) is 0. The first-order valence-electron chi connectivity index (χ1n) is 9.15. The maximum absolute atomic E-state index is 8.49. The van der Waals surface area contributed by atoms with Crippen LogP contribution in [0, 0.1) is 0 Å². The van der Waals surface area contributed by atoms with E-state index in [1.165, 1.54) is 51.0 Å². The molecular weight excluding hydrogens is 328 g/mol. The molecule has 0 spiro atoms. The number of pyridine rings is 2. The molecule has 2 rings (SSSR count). The minimum Gasteiger partial charge on any atom is -0.411 e. The molecule has 0 saturated heterocycles. The molecule has 2 aromatic rings. The molecule has 138 valence electrons. The molecule has 0 aromatic carbocycles. The monoisotopic (exact) mass is 356 g/mol. The summed E-state index contributed by atoms with van der Waals surface area (Å²) in [6.45, 7) is 2.05. The standard InChI is InChI=1S/C20H26N4O2/c25-21-17-19-7-13-23(14-8-19)11-5-3-1-2-4-6-12-24-15-9-20(10-16-24)18-22-26/h7-10,13-18H,1-6,11-12H2/p+2. The van der Waals surface area contributed by atoms with Gasteiger partial charge in [0.2, 0.25) is 0 Å². The third-order valence-electron chi connectivity index (χ3n) is 4.33. The molecule has 2 aromatic heterocycles. The van der Waals surface area contributed by atoms with Crippen molar-refractivity contribution in [2.45, 2.75) is 51.6 Å². The summed E-state index contributed by atoms with van der Waals surface area (Å²) < 4.78 is 4.33. The van der Waals surface area contributed by atoms with Crippen molar-refractivity contribution in [3.8, 4) is 0 Å². The first kappa shape index (κ1) is 19.6. The van der Waals surface area contributed by atoms with Crippen LogP contribution in [0.1, 0.15) is 49.7 Å². The predicted molar refractivity (Wildman–Crippen MR) is 99.7 cm³/mol. The van der Waals surface area contributed by atoms with Gasteiger partial charge in [-0.15, -0.1) is 0 Å². The van der Waals surface area contributed by atoms with E-state index in [2.05, 4.69) is 19.4 Å². The Hall–Kier alpha value is -2.76. The topological polar surface area (TPSA) is 72.9 Å². The fourth-order valence-corrected chi connectivity index (χ4v) is 2.84. The average molecular weight is 356 g/mol. The Kier molecular flexibility index (Phi) is 8.83. The molecular formula is C20H28N4O2+2. The van der Waals surface area contributed by atoms with Crippen LogP contribution < -0.4 is 9.13 Å². The SMILES string of the molecule is O/N=C/c1cc[n+](CCCCCCCC[n+]2ccc(/C=N/O)cc2)cc1.